The van der Waals surface area contributed by atoms with Crippen LogP contribution in [-0.4, -0.2) is 31.2 Å². The van der Waals surface area contributed by atoms with Crippen molar-refractivity contribution in [1.29, 1.82) is 0 Å². The van der Waals surface area contributed by atoms with E-state index in [0.29, 0.717) is 28.9 Å². The van der Waals surface area contributed by atoms with E-state index in [1.165, 1.54) is 7.11 Å². The molecule has 2 unspecified atom stereocenters. The fourth-order valence-electron chi connectivity index (χ4n) is 2.44. The summed E-state index contributed by atoms with van der Waals surface area (Å²) >= 11 is 0. The average Bonchev–Trinajstić information content (AvgIpc) is 2.41. The second-order valence-electron chi connectivity index (χ2n) is 5.32. The van der Waals surface area contributed by atoms with E-state index in [9.17, 15) is 4.79 Å². The Bertz CT molecular complexity index is 476. The molecule has 1 aliphatic rings. The molecule has 2 heterocycles. The summed E-state index contributed by atoms with van der Waals surface area (Å²) in [7, 11) is 1.37. The van der Waals surface area contributed by atoms with Gasteiger partial charge in [-0.15, -0.1) is 0 Å². The molecule has 0 spiro atoms. The first-order chi connectivity index (χ1) is 9.02. The van der Waals surface area contributed by atoms with Gasteiger partial charge in [-0.2, -0.15) is 0 Å². The number of carbonyl (C=O) groups is 1. The van der Waals surface area contributed by atoms with Crippen molar-refractivity contribution in [3.05, 3.63) is 17.8 Å². The van der Waals surface area contributed by atoms with E-state index in [2.05, 4.69) is 23.7 Å². The number of rotatable bonds is 2. The van der Waals surface area contributed by atoms with Gasteiger partial charge in [0.1, 0.15) is 11.4 Å². The first-order valence-corrected chi connectivity index (χ1v) is 6.61. The van der Waals surface area contributed by atoms with E-state index in [4.69, 9.17) is 10.5 Å². The zero-order valence-corrected chi connectivity index (χ0v) is 11.7. The number of nitrogens with two attached hydrogens (primary N) is 1. The summed E-state index contributed by atoms with van der Waals surface area (Å²) in [6.45, 7) is 6.31. The van der Waals surface area contributed by atoms with Crippen molar-refractivity contribution in [2.75, 3.05) is 30.8 Å². The fraction of sp³-hybridized carbons (Fsp3) is 0.571. The second-order valence-corrected chi connectivity index (χ2v) is 5.32. The zero-order valence-electron chi connectivity index (χ0n) is 11.7. The number of carbonyl (C=O) groups excluding carboxylic acids is 1. The van der Waals surface area contributed by atoms with Gasteiger partial charge in [-0.25, -0.2) is 9.78 Å². The number of anilines is 2. The van der Waals surface area contributed by atoms with Gasteiger partial charge in [0, 0.05) is 13.1 Å². The number of nitrogen functional groups attached to an aromatic ring is 1. The number of methoxy groups -OCH3 is 1. The Balaban J connectivity index is 2.31. The van der Waals surface area contributed by atoms with Crippen LogP contribution in [0.15, 0.2) is 12.3 Å². The molecule has 1 fully saturated rings. The zero-order chi connectivity index (χ0) is 14.0. The Labute approximate surface area is 113 Å². The molecule has 2 rings (SSSR count). The molecule has 2 N–H and O–H groups in total. The van der Waals surface area contributed by atoms with Crippen LogP contribution < -0.4 is 10.6 Å². The molecule has 0 radical (unpaired) electrons. The summed E-state index contributed by atoms with van der Waals surface area (Å²) in [6, 6.07) is 1.64. The molecule has 19 heavy (non-hydrogen) atoms. The SMILES string of the molecule is COC(=O)c1cc(N)cnc1N1CCC(C)C(C)C1. The summed E-state index contributed by atoms with van der Waals surface area (Å²) in [4.78, 5) is 18.3. The summed E-state index contributed by atoms with van der Waals surface area (Å²) in [5.74, 6) is 1.58. The Hall–Kier alpha value is -1.78. The van der Waals surface area contributed by atoms with Crippen LogP contribution in [-0.2, 0) is 4.74 Å². The summed E-state index contributed by atoms with van der Waals surface area (Å²) in [6.07, 6.45) is 2.69. The summed E-state index contributed by atoms with van der Waals surface area (Å²) < 4.78 is 4.81. The van der Waals surface area contributed by atoms with Gasteiger partial charge in [-0.1, -0.05) is 13.8 Å². The van der Waals surface area contributed by atoms with Crippen LogP contribution in [0.2, 0.25) is 0 Å². The molecule has 0 amide bonds. The maximum atomic E-state index is 11.8. The van der Waals surface area contributed by atoms with E-state index in [0.717, 1.165) is 19.5 Å². The van der Waals surface area contributed by atoms with Crippen molar-refractivity contribution in [3.8, 4) is 0 Å². The number of hydrogen-bond donors (Lipinski definition) is 1. The highest BCUT2D eigenvalue weighted by molar-refractivity contribution is 5.95. The quantitative estimate of drug-likeness (QED) is 0.826. The average molecular weight is 263 g/mol. The van der Waals surface area contributed by atoms with Crippen molar-refractivity contribution >= 4 is 17.5 Å². The van der Waals surface area contributed by atoms with Gasteiger partial charge in [-0.3, -0.25) is 0 Å². The predicted molar refractivity (Wildman–Crippen MR) is 75.1 cm³/mol. The maximum absolute atomic E-state index is 11.8. The number of piperidine rings is 1. The molecule has 0 saturated carbocycles. The molecule has 5 heteroatoms. The molecular weight excluding hydrogens is 242 g/mol. The van der Waals surface area contributed by atoms with E-state index in [-0.39, 0.29) is 5.97 Å². The molecule has 0 aliphatic carbocycles. The van der Waals surface area contributed by atoms with E-state index in [1.807, 2.05) is 0 Å². The fourth-order valence-corrected chi connectivity index (χ4v) is 2.44. The van der Waals surface area contributed by atoms with Crippen LogP contribution in [0, 0.1) is 11.8 Å². The standard InChI is InChI=1S/C14H21N3O2/c1-9-4-5-17(8-10(9)2)13-12(14(18)19-3)6-11(15)7-16-13/h6-7,9-10H,4-5,8,15H2,1-3H3. The minimum Gasteiger partial charge on any atom is -0.465 e. The number of nitrogens with zero attached hydrogens (tertiary/aromatic N) is 2. The predicted octanol–water partition coefficient (Wildman–Crippen LogP) is 1.93. The third-order valence-electron chi connectivity index (χ3n) is 3.93. The highest BCUT2D eigenvalue weighted by atomic mass is 16.5. The number of esters is 1. The largest absolute Gasteiger partial charge is 0.465 e. The van der Waals surface area contributed by atoms with Crippen LogP contribution in [0.1, 0.15) is 30.6 Å². The van der Waals surface area contributed by atoms with Crippen molar-refractivity contribution in [2.45, 2.75) is 20.3 Å². The lowest BCUT2D eigenvalue weighted by Gasteiger charge is -2.36. The van der Waals surface area contributed by atoms with E-state index >= 15 is 0 Å². The lowest BCUT2D eigenvalue weighted by Crippen LogP contribution is -2.39. The molecule has 1 saturated heterocycles. The maximum Gasteiger partial charge on any atom is 0.341 e. The minimum absolute atomic E-state index is 0.388. The van der Waals surface area contributed by atoms with E-state index in [1.54, 1.807) is 12.3 Å². The van der Waals surface area contributed by atoms with Gasteiger partial charge >= 0.3 is 5.97 Å². The van der Waals surface area contributed by atoms with Gasteiger partial charge in [0.15, 0.2) is 0 Å². The van der Waals surface area contributed by atoms with Crippen LogP contribution in [0.5, 0.6) is 0 Å². The number of aromatic nitrogens is 1. The molecule has 1 aliphatic heterocycles. The molecule has 0 aromatic carbocycles. The number of pyridine rings is 1. The molecule has 5 nitrogen and oxygen atoms in total. The van der Waals surface area contributed by atoms with Crippen molar-refractivity contribution in [3.63, 3.8) is 0 Å². The van der Waals surface area contributed by atoms with Gasteiger partial charge in [-0.05, 0) is 24.3 Å². The van der Waals surface area contributed by atoms with Gasteiger partial charge in [0.25, 0.3) is 0 Å². The van der Waals surface area contributed by atoms with Crippen molar-refractivity contribution < 1.29 is 9.53 Å². The molecular formula is C14H21N3O2. The Morgan fingerprint density at radius 1 is 1.47 bits per heavy atom. The minimum atomic E-state index is -0.388. The van der Waals surface area contributed by atoms with Crippen LogP contribution >= 0.6 is 0 Å². The van der Waals surface area contributed by atoms with Gasteiger partial charge in [0.05, 0.1) is 19.0 Å². The topological polar surface area (TPSA) is 68.5 Å². The van der Waals surface area contributed by atoms with E-state index < -0.39 is 0 Å². The normalized spacial score (nSPS) is 23.2. The molecule has 1 aromatic rings. The molecule has 0 bridgehead atoms. The highest BCUT2D eigenvalue weighted by Crippen LogP contribution is 2.28. The smallest absolute Gasteiger partial charge is 0.341 e. The lowest BCUT2D eigenvalue weighted by atomic mass is 9.88. The first kappa shape index (κ1) is 13.6. The van der Waals surface area contributed by atoms with Crippen molar-refractivity contribution in [1.82, 2.24) is 4.98 Å². The van der Waals surface area contributed by atoms with Crippen LogP contribution in [0.3, 0.4) is 0 Å². The Kier molecular flexibility index (Phi) is 3.93. The summed E-state index contributed by atoms with van der Waals surface area (Å²) in [5.41, 5.74) is 6.63. The monoisotopic (exact) mass is 263 g/mol. The third kappa shape index (κ3) is 2.80. The number of hydrogen-bond acceptors (Lipinski definition) is 5. The van der Waals surface area contributed by atoms with Gasteiger partial charge in [0.2, 0.25) is 0 Å². The third-order valence-corrected chi connectivity index (χ3v) is 3.93. The summed E-state index contributed by atoms with van der Waals surface area (Å²) in [5, 5.41) is 0. The number of ether oxygens (including phenoxy) is 1. The first-order valence-electron chi connectivity index (χ1n) is 6.61. The Morgan fingerprint density at radius 2 is 2.21 bits per heavy atom. The Morgan fingerprint density at radius 3 is 2.84 bits per heavy atom. The second kappa shape index (κ2) is 5.47. The highest BCUT2D eigenvalue weighted by Gasteiger charge is 2.26. The molecule has 1 aromatic heterocycles. The van der Waals surface area contributed by atoms with Crippen molar-refractivity contribution in [2.24, 2.45) is 11.8 Å². The van der Waals surface area contributed by atoms with Gasteiger partial charge < -0.3 is 15.4 Å². The molecule has 104 valence electrons. The van der Waals surface area contributed by atoms with Crippen LogP contribution in [0.4, 0.5) is 11.5 Å². The molecule has 2 atom stereocenters. The van der Waals surface area contributed by atoms with Crippen LogP contribution in [0.25, 0.3) is 0 Å². The lowest BCUT2D eigenvalue weighted by molar-refractivity contribution is 0.0601.